The first kappa shape index (κ1) is 15.0. The maximum absolute atomic E-state index is 13.3. The van der Waals surface area contributed by atoms with Crippen molar-refractivity contribution in [1.29, 1.82) is 0 Å². The average molecular weight is 352 g/mol. The number of primary amides is 1. The summed E-state index contributed by atoms with van der Waals surface area (Å²) in [7, 11) is 0. The van der Waals surface area contributed by atoms with Gasteiger partial charge in [0.25, 0.3) is 11.8 Å². The lowest BCUT2D eigenvalue weighted by molar-refractivity contribution is 0.100. The van der Waals surface area contributed by atoms with Gasteiger partial charge in [-0.25, -0.2) is 4.39 Å². The Kier molecular flexibility index (Phi) is 4.23. The van der Waals surface area contributed by atoms with E-state index in [0.29, 0.717) is 0 Å². The summed E-state index contributed by atoms with van der Waals surface area (Å²) >= 11 is 3.09. The van der Waals surface area contributed by atoms with Gasteiger partial charge in [-0.2, -0.15) is 0 Å². The zero-order chi connectivity index (χ0) is 15.6. The number of nitrogen functional groups attached to an aromatic ring is 1. The van der Waals surface area contributed by atoms with Gasteiger partial charge >= 0.3 is 0 Å². The number of rotatable bonds is 3. The zero-order valence-electron chi connectivity index (χ0n) is 10.7. The molecule has 2 aromatic rings. The predicted molar refractivity (Wildman–Crippen MR) is 81.4 cm³/mol. The first-order valence-corrected chi connectivity index (χ1v) is 6.64. The molecule has 21 heavy (non-hydrogen) atoms. The fraction of sp³-hybridized carbons (Fsp3) is 0. The van der Waals surface area contributed by atoms with Gasteiger partial charge in [0.15, 0.2) is 0 Å². The molecule has 0 aliphatic rings. The second-order valence-electron chi connectivity index (χ2n) is 4.22. The Bertz CT molecular complexity index is 734. The molecule has 0 heterocycles. The normalized spacial score (nSPS) is 10.2. The average Bonchev–Trinajstić information content (AvgIpc) is 2.43. The molecule has 2 rings (SSSR count). The van der Waals surface area contributed by atoms with Crippen molar-refractivity contribution >= 4 is 39.1 Å². The van der Waals surface area contributed by atoms with Crippen LogP contribution in [-0.4, -0.2) is 11.8 Å². The lowest BCUT2D eigenvalue weighted by Gasteiger charge is -2.10. The molecule has 2 aromatic carbocycles. The van der Waals surface area contributed by atoms with Crippen molar-refractivity contribution in [1.82, 2.24) is 0 Å². The van der Waals surface area contributed by atoms with E-state index in [0.717, 1.165) is 6.07 Å². The fourth-order valence-electron chi connectivity index (χ4n) is 1.74. The number of hydrogen-bond acceptors (Lipinski definition) is 3. The van der Waals surface area contributed by atoms with E-state index in [2.05, 4.69) is 21.2 Å². The molecule has 0 aliphatic carbocycles. The second kappa shape index (κ2) is 5.92. The Balaban J connectivity index is 2.35. The standard InChI is InChI=1S/C14H11BrFN3O2/c15-9-6-10(16)11(17)5-8(9)14(21)19-12-4-2-1-3-7(12)13(18)20/h1-6H,17H2,(H2,18,20)(H,19,21). The number of halogens is 2. The highest BCUT2D eigenvalue weighted by atomic mass is 79.9. The molecular formula is C14H11BrFN3O2. The van der Waals surface area contributed by atoms with Crippen molar-refractivity contribution in [2.75, 3.05) is 11.1 Å². The largest absolute Gasteiger partial charge is 0.396 e. The first-order valence-electron chi connectivity index (χ1n) is 5.85. The molecule has 0 saturated heterocycles. The van der Waals surface area contributed by atoms with Crippen molar-refractivity contribution in [2.24, 2.45) is 5.73 Å². The van der Waals surface area contributed by atoms with Crippen LogP contribution in [0.3, 0.4) is 0 Å². The number of amides is 2. The SMILES string of the molecule is NC(=O)c1ccccc1NC(=O)c1cc(N)c(F)cc1Br. The van der Waals surface area contributed by atoms with Crippen LogP contribution in [0.2, 0.25) is 0 Å². The molecule has 5 nitrogen and oxygen atoms in total. The maximum Gasteiger partial charge on any atom is 0.256 e. The van der Waals surface area contributed by atoms with Crippen LogP contribution >= 0.6 is 15.9 Å². The number of hydrogen-bond donors (Lipinski definition) is 3. The summed E-state index contributed by atoms with van der Waals surface area (Å²) < 4.78 is 13.5. The smallest absolute Gasteiger partial charge is 0.256 e. The molecule has 0 bridgehead atoms. The summed E-state index contributed by atoms with van der Waals surface area (Å²) in [5, 5.41) is 2.55. The highest BCUT2D eigenvalue weighted by molar-refractivity contribution is 9.10. The van der Waals surface area contributed by atoms with Gasteiger partial charge in [-0.15, -0.1) is 0 Å². The van der Waals surface area contributed by atoms with E-state index in [-0.39, 0.29) is 27.0 Å². The Morgan fingerprint density at radius 1 is 1.14 bits per heavy atom. The Hall–Kier alpha value is -2.41. The van der Waals surface area contributed by atoms with Crippen LogP contribution in [0, 0.1) is 5.82 Å². The lowest BCUT2D eigenvalue weighted by atomic mass is 10.1. The number of benzene rings is 2. The highest BCUT2D eigenvalue weighted by Gasteiger charge is 2.16. The van der Waals surface area contributed by atoms with E-state index in [4.69, 9.17) is 11.5 Å². The molecule has 0 aromatic heterocycles. The van der Waals surface area contributed by atoms with Crippen LogP contribution in [0.25, 0.3) is 0 Å². The molecule has 0 saturated carbocycles. The quantitative estimate of drug-likeness (QED) is 0.741. The number of carbonyl (C=O) groups excluding carboxylic acids is 2. The Labute approximate surface area is 128 Å². The van der Waals surface area contributed by atoms with Crippen LogP contribution in [0.15, 0.2) is 40.9 Å². The molecule has 108 valence electrons. The third-order valence-corrected chi connectivity index (χ3v) is 3.43. The minimum absolute atomic E-state index is 0.146. The van der Waals surface area contributed by atoms with Gasteiger partial charge in [0.05, 0.1) is 22.5 Å². The summed E-state index contributed by atoms with van der Waals surface area (Å²) in [5.74, 6) is -1.83. The molecule has 0 aliphatic heterocycles. The third-order valence-electron chi connectivity index (χ3n) is 2.77. The van der Waals surface area contributed by atoms with Crippen LogP contribution in [-0.2, 0) is 0 Å². The summed E-state index contributed by atoms with van der Waals surface area (Å²) in [6, 6.07) is 8.62. The van der Waals surface area contributed by atoms with Crippen molar-refractivity contribution in [3.8, 4) is 0 Å². The molecule has 0 fully saturated rings. The highest BCUT2D eigenvalue weighted by Crippen LogP contribution is 2.24. The lowest BCUT2D eigenvalue weighted by Crippen LogP contribution is -2.18. The first-order chi connectivity index (χ1) is 9.90. The van der Waals surface area contributed by atoms with E-state index in [9.17, 15) is 14.0 Å². The van der Waals surface area contributed by atoms with Crippen LogP contribution in [0.4, 0.5) is 15.8 Å². The fourth-order valence-corrected chi connectivity index (χ4v) is 2.23. The minimum atomic E-state index is -0.663. The minimum Gasteiger partial charge on any atom is -0.396 e. The molecule has 0 radical (unpaired) electrons. The van der Waals surface area contributed by atoms with E-state index in [1.165, 1.54) is 12.1 Å². The monoisotopic (exact) mass is 351 g/mol. The summed E-state index contributed by atoms with van der Waals surface area (Å²) in [5.41, 5.74) is 11.1. The van der Waals surface area contributed by atoms with Gasteiger partial charge in [-0.1, -0.05) is 12.1 Å². The molecule has 2 amide bonds. The van der Waals surface area contributed by atoms with Gasteiger partial charge in [0.1, 0.15) is 5.82 Å². The van der Waals surface area contributed by atoms with E-state index >= 15 is 0 Å². The topological polar surface area (TPSA) is 98.2 Å². The van der Waals surface area contributed by atoms with Crippen LogP contribution < -0.4 is 16.8 Å². The molecule has 0 unspecified atom stereocenters. The molecule has 0 spiro atoms. The summed E-state index contributed by atoms with van der Waals surface area (Å²) in [6.07, 6.45) is 0. The van der Waals surface area contributed by atoms with E-state index < -0.39 is 17.6 Å². The number of para-hydroxylation sites is 1. The Morgan fingerprint density at radius 2 is 1.81 bits per heavy atom. The van der Waals surface area contributed by atoms with Crippen molar-refractivity contribution in [2.45, 2.75) is 0 Å². The number of nitrogens with one attached hydrogen (secondary N) is 1. The second-order valence-corrected chi connectivity index (χ2v) is 5.07. The number of carbonyl (C=O) groups is 2. The number of nitrogens with two attached hydrogens (primary N) is 2. The molecule has 0 atom stereocenters. The molecule has 7 heteroatoms. The molecular weight excluding hydrogens is 341 g/mol. The Morgan fingerprint density at radius 3 is 2.48 bits per heavy atom. The van der Waals surface area contributed by atoms with E-state index in [1.807, 2.05) is 0 Å². The van der Waals surface area contributed by atoms with Gasteiger partial charge < -0.3 is 16.8 Å². The summed E-state index contributed by atoms with van der Waals surface area (Å²) in [6.45, 7) is 0. The zero-order valence-corrected chi connectivity index (χ0v) is 12.3. The van der Waals surface area contributed by atoms with Crippen molar-refractivity contribution in [3.63, 3.8) is 0 Å². The van der Waals surface area contributed by atoms with Gasteiger partial charge in [0, 0.05) is 4.47 Å². The van der Waals surface area contributed by atoms with Crippen molar-refractivity contribution in [3.05, 3.63) is 57.8 Å². The van der Waals surface area contributed by atoms with E-state index in [1.54, 1.807) is 18.2 Å². The molecule has 5 N–H and O–H groups in total. The van der Waals surface area contributed by atoms with Crippen LogP contribution in [0.1, 0.15) is 20.7 Å². The maximum atomic E-state index is 13.3. The summed E-state index contributed by atoms with van der Waals surface area (Å²) in [4.78, 5) is 23.5. The van der Waals surface area contributed by atoms with Gasteiger partial charge in [-0.05, 0) is 40.2 Å². The predicted octanol–water partition coefficient (Wildman–Crippen LogP) is 2.52. The van der Waals surface area contributed by atoms with Gasteiger partial charge in [0.2, 0.25) is 0 Å². The van der Waals surface area contributed by atoms with Crippen LogP contribution in [0.5, 0.6) is 0 Å². The van der Waals surface area contributed by atoms with Crippen molar-refractivity contribution < 1.29 is 14.0 Å². The third kappa shape index (κ3) is 3.19. The van der Waals surface area contributed by atoms with Gasteiger partial charge in [-0.3, -0.25) is 9.59 Å². The number of anilines is 2.